The van der Waals surface area contributed by atoms with Crippen molar-refractivity contribution in [3.63, 3.8) is 0 Å². The van der Waals surface area contributed by atoms with Gasteiger partial charge in [0.1, 0.15) is 6.10 Å². The molecule has 1 amide bonds. The lowest BCUT2D eigenvalue weighted by Gasteiger charge is -2.19. The minimum absolute atomic E-state index is 0.0724. The molecule has 1 unspecified atom stereocenters. The summed E-state index contributed by atoms with van der Waals surface area (Å²) in [5.41, 5.74) is 3.63. The van der Waals surface area contributed by atoms with E-state index >= 15 is 0 Å². The number of ether oxygens (including phenoxy) is 1. The zero-order valence-corrected chi connectivity index (χ0v) is 16.6. The number of nitrogens with zero attached hydrogens (tertiary/aromatic N) is 5. The Morgan fingerprint density at radius 1 is 1.28 bits per heavy atom. The van der Waals surface area contributed by atoms with E-state index in [4.69, 9.17) is 9.72 Å². The van der Waals surface area contributed by atoms with E-state index in [-0.39, 0.29) is 17.9 Å². The minimum atomic E-state index is -0.139. The van der Waals surface area contributed by atoms with Gasteiger partial charge in [-0.25, -0.2) is 4.98 Å². The van der Waals surface area contributed by atoms with Crippen molar-refractivity contribution >= 4 is 27.7 Å². The summed E-state index contributed by atoms with van der Waals surface area (Å²) < 4.78 is 9.87. The predicted octanol–water partition coefficient (Wildman–Crippen LogP) is 2.43. The van der Waals surface area contributed by atoms with Crippen LogP contribution in [0.4, 0.5) is 0 Å². The van der Waals surface area contributed by atoms with Crippen LogP contribution in [0.3, 0.4) is 0 Å². The average molecular weight is 390 g/mol. The van der Waals surface area contributed by atoms with Crippen LogP contribution in [0.1, 0.15) is 13.3 Å². The molecular formula is C21H22N6O2. The largest absolute Gasteiger partial charge is 0.474 e. The highest BCUT2D eigenvalue weighted by atomic mass is 16.5. The van der Waals surface area contributed by atoms with Crippen LogP contribution in [0.5, 0.6) is 5.88 Å². The highest BCUT2D eigenvalue weighted by Crippen LogP contribution is 2.31. The van der Waals surface area contributed by atoms with E-state index < -0.39 is 0 Å². The van der Waals surface area contributed by atoms with Crippen LogP contribution in [0.15, 0.2) is 36.7 Å². The standard InChI is InChI=1S/C21H22N6O2/c1-12(15-7-20(28)22-9-15)29-21-16-11-26(2)25-18(16)8-17(24-21)13-4-5-14-10-23-27(3)19(14)6-13/h4-6,8,10-12,15H,7,9H2,1-3H3,(H,22,28)/t12?,15-/m1/s1. The van der Waals surface area contributed by atoms with Crippen LogP contribution >= 0.6 is 0 Å². The topological polar surface area (TPSA) is 86.9 Å². The third-order valence-corrected chi connectivity index (χ3v) is 5.60. The molecule has 29 heavy (non-hydrogen) atoms. The molecule has 1 N–H and O–H groups in total. The van der Waals surface area contributed by atoms with Crippen LogP contribution in [0, 0.1) is 5.92 Å². The van der Waals surface area contributed by atoms with Gasteiger partial charge in [-0.2, -0.15) is 10.2 Å². The van der Waals surface area contributed by atoms with Crippen molar-refractivity contribution in [1.82, 2.24) is 29.9 Å². The second-order valence-corrected chi connectivity index (χ2v) is 7.68. The van der Waals surface area contributed by atoms with E-state index in [0.717, 1.165) is 33.1 Å². The zero-order chi connectivity index (χ0) is 20.1. The summed E-state index contributed by atoms with van der Waals surface area (Å²) >= 11 is 0. The van der Waals surface area contributed by atoms with Gasteiger partial charge in [-0.05, 0) is 19.1 Å². The number of fused-ring (bicyclic) bond motifs is 2. The van der Waals surface area contributed by atoms with E-state index in [1.165, 1.54) is 0 Å². The number of nitrogens with one attached hydrogen (secondary N) is 1. The molecule has 148 valence electrons. The first-order valence-electron chi connectivity index (χ1n) is 9.68. The molecule has 0 bridgehead atoms. The van der Waals surface area contributed by atoms with Crippen molar-refractivity contribution in [3.8, 4) is 17.1 Å². The van der Waals surface area contributed by atoms with Gasteiger partial charge in [0.15, 0.2) is 0 Å². The van der Waals surface area contributed by atoms with Gasteiger partial charge < -0.3 is 10.1 Å². The van der Waals surface area contributed by atoms with Crippen LogP contribution in [0.25, 0.3) is 33.1 Å². The number of aryl methyl sites for hydroxylation is 2. The van der Waals surface area contributed by atoms with Crippen LogP contribution in [-0.2, 0) is 18.9 Å². The maximum absolute atomic E-state index is 11.6. The molecule has 0 radical (unpaired) electrons. The predicted molar refractivity (Wildman–Crippen MR) is 109 cm³/mol. The molecule has 2 atom stereocenters. The van der Waals surface area contributed by atoms with Gasteiger partial charge in [0.25, 0.3) is 0 Å². The monoisotopic (exact) mass is 390 g/mol. The highest BCUT2D eigenvalue weighted by Gasteiger charge is 2.29. The van der Waals surface area contributed by atoms with E-state index in [2.05, 4.69) is 21.6 Å². The number of carbonyl (C=O) groups excluding carboxylic acids is 1. The second-order valence-electron chi connectivity index (χ2n) is 7.68. The summed E-state index contributed by atoms with van der Waals surface area (Å²) in [6, 6.07) is 8.13. The lowest BCUT2D eigenvalue weighted by atomic mass is 10.0. The Morgan fingerprint density at radius 3 is 2.93 bits per heavy atom. The normalized spacial score (nSPS) is 17.8. The molecule has 8 heteroatoms. The van der Waals surface area contributed by atoms with Crippen molar-refractivity contribution < 1.29 is 9.53 Å². The van der Waals surface area contributed by atoms with Gasteiger partial charge in [0.2, 0.25) is 11.8 Å². The Labute approximate surface area is 167 Å². The summed E-state index contributed by atoms with van der Waals surface area (Å²) in [6.07, 6.45) is 4.10. The third-order valence-electron chi connectivity index (χ3n) is 5.60. The summed E-state index contributed by atoms with van der Waals surface area (Å²) in [5.74, 6) is 0.746. The molecule has 8 nitrogen and oxygen atoms in total. The fourth-order valence-electron chi connectivity index (χ4n) is 3.88. The Hall–Kier alpha value is -3.42. The number of carbonyl (C=O) groups is 1. The Morgan fingerprint density at radius 2 is 2.14 bits per heavy atom. The highest BCUT2D eigenvalue weighted by molar-refractivity contribution is 5.89. The Kier molecular flexibility index (Phi) is 4.01. The number of pyridine rings is 1. The number of hydrogen-bond donors (Lipinski definition) is 1. The number of amides is 1. The molecule has 3 aromatic heterocycles. The fraction of sp³-hybridized carbons (Fsp3) is 0.333. The van der Waals surface area contributed by atoms with E-state index in [1.807, 2.05) is 56.3 Å². The average Bonchev–Trinajstić information content (AvgIpc) is 3.40. The molecule has 5 rings (SSSR count). The first-order chi connectivity index (χ1) is 14.0. The summed E-state index contributed by atoms with van der Waals surface area (Å²) in [5, 5.41) is 13.7. The SMILES string of the molecule is CC(Oc1nc(-c2ccc3cnn(C)c3c2)cc2nn(C)cc12)[C@H]1CNC(=O)C1. The molecule has 1 saturated heterocycles. The van der Waals surface area contributed by atoms with Gasteiger partial charge in [-0.1, -0.05) is 12.1 Å². The van der Waals surface area contributed by atoms with Crippen molar-refractivity contribution in [1.29, 1.82) is 0 Å². The van der Waals surface area contributed by atoms with Crippen LogP contribution in [0.2, 0.25) is 0 Å². The minimum Gasteiger partial charge on any atom is -0.474 e. The molecule has 4 heterocycles. The summed E-state index contributed by atoms with van der Waals surface area (Å²) in [4.78, 5) is 16.4. The molecule has 0 aliphatic carbocycles. The Bertz CT molecular complexity index is 1240. The van der Waals surface area contributed by atoms with Gasteiger partial charge in [0.05, 0.1) is 28.3 Å². The van der Waals surface area contributed by atoms with E-state index in [9.17, 15) is 4.79 Å². The summed E-state index contributed by atoms with van der Waals surface area (Å²) in [6.45, 7) is 2.62. The van der Waals surface area contributed by atoms with Gasteiger partial charge in [-0.15, -0.1) is 0 Å². The Balaban J connectivity index is 1.57. The van der Waals surface area contributed by atoms with E-state index in [1.54, 1.807) is 4.68 Å². The summed E-state index contributed by atoms with van der Waals surface area (Å²) in [7, 11) is 3.81. The molecule has 0 spiro atoms. The van der Waals surface area contributed by atoms with E-state index in [0.29, 0.717) is 18.8 Å². The molecule has 1 aromatic carbocycles. The fourth-order valence-corrected chi connectivity index (χ4v) is 3.88. The van der Waals surface area contributed by atoms with Gasteiger partial charge in [0, 0.05) is 50.1 Å². The van der Waals surface area contributed by atoms with Crippen molar-refractivity contribution in [2.24, 2.45) is 20.0 Å². The van der Waals surface area contributed by atoms with Crippen molar-refractivity contribution in [2.75, 3.05) is 6.54 Å². The quantitative estimate of drug-likeness (QED) is 0.578. The molecular weight excluding hydrogens is 368 g/mol. The first kappa shape index (κ1) is 17.7. The van der Waals surface area contributed by atoms with Gasteiger partial charge >= 0.3 is 0 Å². The third kappa shape index (κ3) is 3.10. The smallest absolute Gasteiger partial charge is 0.225 e. The first-order valence-corrected chi connectivity index (χ1v) is 9.68. The molecule has 0 saturated carbocycles. The number of rotatable bonds is 4. The zero-order valence-electron chi connectivity index (χ0n) is 16.6. The number of aromatic nitrogens is 5. The molecule has 4 aromatic rings. The molecule has 1 fully saturated rings. The maximum Gasteiger partial charge on any atom is 0.225 e. The molecule has 1 aliphatic rings. The lowest BCUT2D eigenvalue weighted by Crippen LogP contribution is -2.26. The number of benzene rings is 1. The maximum atomic E-state index is 11.6. The second kappa shape index (κ2) is 6.58. The molecule has 1 aliphatic heterocycles. The number of hydrogen-bond acceptors (Lipinski definition) is 5. The van der Waals surface area contributed by atoms with Gasteiger partial charge in [-0.3, -0.25) is 14.2 Å². The van der Waals surface area contributed by atoms with Crippen LogP contribution < -0.4 is 10.1 Å². The van der Waals surface area contributed by atoms with Crippen molar-refractivity contribution in [3.05, 3.63) is 36.7 Å². The van der Waals surface area contributed by atoms with Crippen molar-refractivity contribution in [2.45, 2.75) is 19.4 Å². The van der Waals surface area contributed by atoms with Crippen LogP contribution in [-0.4, -0.2) is 43.1 Å². The lowest BCUT2D eigenvalue weighted by molar-refractivity contribution is -0.119.